The van der Waals surface area contributed by atoms with Gasteiger partial charge in [0, 0.05) is 6.20 Å². The lowest BCUT2D eigenvalue weighted by Gasteiger charge is -2.06. The van der Waals surface area contributed by atoms with Crippen LogP contribution in [0.15, 0.2) is 47.5 Å². The number of aryl methyl sites for hydroxylation is 2. The summed E-state index contributed by atoms with van der Waals surface area (Å²) in [6.45, 7) is 2.21. The second kappa shape index (κ2) is 5.96. The number of aromatic nitrogens is 3. The first-order valence-electron chi connectivity index (χ1n) is 6.74. The molecule has 0 N–H and O–H groups in total. The molecule has 1 aromatic carbocycles. The lowest BCUT2D eigenvalue weighted by Crippen LogP contribution is -2.14. The monoisotopic (exact) mass is 427 g/mol. The Morgan fingerprint density at radius 2 is 1.91 bits per heavy atom. The lowest BCUT2D eigenvalue weighted by atomic mass is 10.2. The van der Waals surface area contributed by atoms with E-state index in [9.17, 15) is 8.42 Å². The third-order valence-electron chi connectivity index (χ3n) is 3.41. The summed E-state index contributed by atoms with van der Waals surface area (Å²) in [5, 5.41) is 5.32. The van der Waals surface area contributed by atoms with E-state index in [1.54, 1.807) is 35.1 Å². The van der Waals surface area contributed by atoms with E-state index in [1.165, 1.54) is 0 Å². The Bertz CT molecular complexity index is 918. The molecule has 0 saturated heterocycles. The van der Waals surface area contributed by atoms with E-state index in [2.05, 4.69) is 32.7 Å². The van der Waals surface area contributed by atoms with Crippen molar-refractivity contribution in [2.45, 2.75) is 18.4 Å². The van der Waals surface area contributed by atoms with Gasteiger partial charge in [-0.25, -0.2) is 18.1 Å². The van der Waals surface area contributed by atoms with Crippen LogP contribution in [0.4, 0.5) is 0 Å². The largest absolute Gasteiger partial charge is 0.245 e. The smallest absolute Gasteiger partial charge is 0.180 e. The highest BCUT2D eigenvalue weighted by Crippen LogP contribution is 2.18. The number of nitrogens with zero attached hydrogens (tertiary/aromatic N) is 3. The summed E-state index contributed by atoms with van der Waals surface area (Å²) in [6.07, 6.45) is 1.69. The standard InChI is InChI=1S/C15H14IN3O2S/c1-11-4-6-12(7-5-11)22(20,21)10-9-19-15-13(14(16)18-19)3-2-8-17-15/h2-8H,9-10H2,1H3. The third kappa shape index (κ3) is 3.00. The summed E-state index contributed by atoms with van der Waals surface area (Å²) in [5.74, 6) is -0.000501. The van der Waals surface area contributed by atoms with E-state index in [-0.39, 0.29) is 12.3 Å². The van der Waals surface area contributed by atoms with Gasteiger partial charge in [0.1, 0.15) is 3.70 Å². The van der Waals surface area contributed by atoms with Crippen LogP contribution >= 0.6 is 22.6 Å². The molecule has 22 heavy (non-hydrogen) atoms. The molecule has 0 aliphatic rings. The van der Waals surface area contributed by atoms with Gasteiger partial charge in [-0.3, -0.25) is 0 Å². The quantitative estimate of drug-likeness (QED) is 0.601. The Morgan fingerprint density at radius 1 is 1.18 bits per heavy atom. The molecule has 0 unspecified atom stereocenters. The van der Waals surface area contributed by atoms with Crippen molar-refractivity contribution >= 4 is 43.5 Å². The van der Waals surface area contributed by atoms with E-state index >= 15 is 0 Å². The van der Waals surface area contributed by atoms with Crippen LogP contribution in [0, 0.1) is 10.6 Å². The zero-order valence-electron chi connectivity index (χ0n) is 11.9. The van der Waals surface area contributed by atoms with Crippen molar-refractivity contribution in [3.05, 3.63) is 51.9 Å². The minimum absolute atomic E-state index is 0.000501. The highest BCUT2D eigenvalue weighted by molar-refractivity contribution is 14.1. The van der Waals surface area contributed by atoms with Crippen molar-refractivity contribution in [1.82, 2.24) is 14.8 Å². The average molecular weight is 427 g/mol. The highest BCUT2D eigenvalue weighted by Gasteiger charge is 2.16. The van der Waals surface area contributed by atoms with Crippen molar-refractivity contribution in [3.63, 3.8) is 0 Å². The summed E-state index contributed by atoms with van der Waals surface area (Å²) in [4.78, 5) is 4.63. The number of benzene rings is 1. The molecule has 0 aliphatic heterocycles. The SMILES string of the molecule is Cc1ccc(S(=O)(=O)CCn2nc(I)c3cccnc32)cc1. The van der Waals surface area contributed by atoms with Crippen molar-refractivity contribution < 1.29 is 8.42 Å². The number of pyridine rings is 1. The van der Waals surface area contributed by atoms with Crippen molar-refractivity contribution in [3.8, 4) is 0 Å². The number of fused-ring (bicyclic) bond motifs is 1. The first-order valence-corrected chi connectivity index (χ1v) is 9.47. The van der Waals surface area contributed by atoms with Crippen LogP contribution in [0.25, 0.3) is 11.0 Å². The topological polar surface area (TPSA) is 64.8 Å². The number of sulfone groups is 1. The maximum Gasteiger partial charge on any atom is 0.180 e. The van der Waals surface area contributed by atoms with Gasteiger partial charge >= 0.3 is 0 Å². The van der Waals surface area contributed by atoms with Crippen molar-refractivity contribution in [2.75, 3.05) is 5.75 Å². The van der Waals surface area contributed by atoms with E-state index in [1.807, 2.05) is 19.1 Å². The van der Waals surface area contributed by atoms with E-state index < -0.39 is 9.84 Å². The molecule has 0 amide bonds. The maximum absolute atomic E-state index is 12.4. The molecule has 7 heteroatoms. The second-order valence-corrected chi connectivity index (χ2v) is 8.15. The highest BCUT2D eigenvalue weighted by atomic mass is 127. The van der Waals surface area contributed by atoms with E-state index in [0.29, 0.717) is 10.5 Å². The molecule has 0 aliphatic carbocycles. The minimum atomic E-state index is -3.33. The van der Waals surface area contributed by atoms with Gasteiger partial charge < -0.3 is 0 Å². The predicted octanol–water partition coefficient (Wildman–Crippen LogP) is 2.82. The number of hydrogen-bond donors (Lipinski definition) is 0. The molecule has 0 radical (unpaired) electrons. The van der Waals surface area contributed by atoms with Gasteiger partial charge in [0.15, 0.2) is 15.5 Å². The molecule has 0 spiro atoms. The van der Waals surface area contributed by atoms with E-state index in [0.717, 1.165) is 14.7 Å². The molecule has 0 bridgehead atoms. The molecular formula is C15H14IN3O2S. The molecule has 2 heterocycles. The summed E-state index contributed by atoms with van der Waals surface area (Å²) in [7, 11) is -3.33. The first kappa shape index (κ1) is 15.4. The molecule has 0 atom stereocenters. The van der Waals surface area contributed by atoms with Gasteiger partial charge in [-0.2, -0.15) is 5.10 Å². The number of halogens is 1. The van der Waals surface area contributed by atoms with Crippen LogP contribution in [0.2, 0.25) is 0 Å². The van der Waals surface area contributed by atoms with Crippen LogP contribution in [0.5, 0.6) is 0 Å². The fourth-order valence-corrected chi connectivity index (χ4v) is 4.08. The lowest BCUT2D eigenvalue weighted by molar-refractivity contribution is 0.582. The van der Waals surface area contributed by atoms with Crippen molar-refractivity contribution in [1.29, 1.82) is 0 Å². The third-order valence-corrected chi connectivity index (χ3v) is 5.92. The Labute approximate surface area is 142 Å². The summed E-state index contributed by atoms with van der Waals surface area (Å²) >= 11 is 2.13. The van der Waals surface area contributed by atoms with Gasteiger partial charge in [0.05, 0.1) is 22.6 Å². The summed E-state index contributed by atoms with van der Waals surface area (Å²) in [6, 6.07) is 10.7. The Balaban J connectivity index is 1.86. The molecule has 2 aromatic heterocycles. The van der Waals surface area contributed by atoms with Crippen LogP contribution < -0.4 is 0 Å². The molecular weight excluding hydrogens is 413 g/mol. The zero-order chi connectivity index (χ0) is 15.7. The van der Waals surface area contributed by atoms with Gasteiger partial charge in [0.25, 0.3) is 0 Å². The summed E-state index contributed by atoms with van der Waals surface area (Å²) < 4.78 is 27.3. The molecule has 0 fully saturated rings. The normalized spacial score (nSPS) is 11.9. The van der Waals surface area contributed by atoms with Gasteiger partial charge in [-0.1, -0.05) is 17.7 Å². The van der Waals surface area contributed by atoms with Gasteiger partial charge in [-0.15, -0.1) is 0 Å². The second-order valence-electron chi connectivity index (χ2n) is 5.02. The molecule has 0 saturated carbocycles. The van der Waals surface area contributed by atoms with Gasteiger partial charge in [-0.05, 0) is 53.8 Å². The zero-order valence-corrected chi connectivity index (χ0v) is 14.9. The fraction of sp³-hybridized carbons (Fsp3) is 0.200. The minimum Gasteiger partial charge on any atom is -0.245 e. The van der Waals surface area contributed by atoms with Crippen molar-refractivity contribution in [2.24, 2.45) is 0 Å². The van der Waals surface area contributed by atoms with Crippen LogP contribution in [0.1, 0.15) is 5.56 Å². The fourth-order valence-electron chi connectivity index (χ4n) is 2.20. The summed E-state index contributed by atoms with van der Waals surface area (Å²) in [5.41, 5.74) is 1.75. The molecule has 3 aromatic rings. The first-order chi connectivity index (χ1) is 10.5. The van der Waals surface area contributed by atoms with Crippen LogP contribution in [-0.4, -0.2) is 28.9 Å². The number of hydrogen-bond acceptors (Lipinski definition) is 4. The number of rotatable bonds is 4. The Morgan fingerprint density at radius 3 is 2.64 bits per heavy atom. The molecule has 114 valence electrons. The maximum atomic E-state index is 12.4. The van der Waals surface area contributed by atoms with Crippen LogP contribution in [-0.2, 0) is 16.4 Å². The van der Waals surface area contributed by atoms with E-state index in [4.69, 9.17) is 0 Å². The predicted molar refractivity (Wildman–Crippen MR) is 93.5 cm³/mol. The Kier molecular flexibility index (Phi) is 4.18. The van der Waals surface area contributed by atoms with Crippen LogP contribution in [0.3, 0.4) is 0 Å². The molecule has 5 nitrogen and oxygen atoms in total. The van der Waals surface area contributed by atoms with Gasteiger partial charge in [0.2, 0.25) is 0 Å². The molecule has 3 rings (SSSR count). The average Bonchev–Trinajstić information content (AvgIpc) is 2.83. The Hall–Kier alpha value is -1.48.